The molecule has 1 heterocycles. The van der Waals surface area contributed by atoms with Crippen molar-refractivity contribution in [3.8, 4) is 0 Å². The molecule has 1 aromatic rings. The zero-order valence-corrected chi connectivity index (χ0v) is 12.2. The van der Waals surface area contributed by atoms with Crippen LogP contribution in [0.2, 0.25) is 0 Å². The van der Waals surface area contributed by atoms with E-state index in [0.29, 0.717) is 16.9 Å². The Hall–Kier alpha value is -0.900. The molecule has 2 rings (SSSR count). The largest absolute Gasteiger partial charge is 0.336 e. The Morgan fingerprint density at radius 2 is 2.17 bits per heavy atom. The number of carbonyl (C=O) groups excluding carboxylic acids is 1. The number of hydrogen-bond acceptors (Lipinski definition) is 1. The molecule has 0 spiro atoms. The number of benzene rings is 1. The topological polar surface area (TPSA) is 20.3 Å². The lowest BCUT2D eigenvalue weighted by Crippen LogP contribution is -2.44. The van der Waals surface area contributed by atoms with E-state index in [1.807, 2.05) is 6.92 Å². The van der Waals surface area contributed by atoms with Crippen molar-refractivity contribution >= 4 is 21.8 Å². The lowest BCUT2D eigenvalue weighted by atomic mass is 9.93. The zero-order chi connectivity index (χ0) is 13.3. The monoisotopic (exact) mass is 313 g/mol. The average Bonchev–Trinajstić information content (AvgIpc) is 2.32. The van der Waals surface area contributed by atoms with Gasteiger partial charge < -0.3 is 4.90 Å². The summed E-state index contributed by atoms with van der Waals surface area (Å²) in [6.07, 6.45) is 1.98. The molecule has 4 heteroatoms. The third-order valence-corrected chi connectivity index (χ3v) is 4.19. The molecule has 1 aromatic carbocycles. The molecule has 0 bridgehead atoms. The number of hydrogen-bond donors (Lipinski definition) is 0. The Morgan fingerprint density at radius 3 is 2.83 bits per heavy atom. The minimum Gasteiger partial charge on any atom is -0.336 e. The fourth-order valence-electron chi connectivity index (χ4n) is 2.53. The van der Waals surface area contributed by atoms with Gasteiger partial charge >= 0.3 is 0 Å². The van der Waals surface area contributed by atoms with Crippen molar-refractivity contribution < 1.29 is 9.18 Å². The van der Waals surface area contributed by atoms with Gasteiger partial charge in [0.1, 0.15) is 5.82 Å². The van der Waals surface area contributed by atoms with Gasteiger partial charge in [-0.05, 0) is 53.7 Å². The summed E-state index contributed by atoms with van der Waals surface area (Å²) in [6, 6.07) is 5.03. The number of amides is 1. The molecule has 1 aliphatic heterocycles. The van der Waals surface area contributed by atoms with Crippen molar-refractivity contribution in [1.29, 1.82) is 0 Å². The van der Waals surface area contributed by atoms with Crippen molar-refractivity contribution in [2.24, 2.45) is 5.92 Å². The normalized spacial score (nSPS) is 24.1. The Labute approximate surface area is 115 Å². The maximum Gasteiger partial charge on any atom is 0.257 e. The molecule has 2 unspecified atom stereocenters. The summed E-state index contributed by atoms with van der Waals surface area (Å²) in [5.41, 5.74) is 0.158. The third kappa shape index (κ3) is 2.58. The molecule has 1 fully saturated rings. The zero-order valence-electron chi connectivity index (χ0n) is 10.6. The van der Waals surface area contributed by atoms with Crippen molar-refractivity contribution in [3.63, 3.8) is 0 Å². The van der Waals surface area contributed by atoms with E-state index in [0.717, 1.165) is 12.8 Å². The van der Waals surface area contributed by atoms with Gasteiger partial charge in [-0.1, -0.05) is 13.0 Å². The Kier molecular flexibility index (Phi) is 4.05. The van der Waals surface area contributed by atoms with Gasteiger partial charge in [-0.2, -0.15) is 0 Å². The van der Waals surface area contributed by atoms with Crippen LogP contribution in [-0.2, 0) is 0 Å². The lowest BCUT2D eigenvalue weighted by Gasteiger charge is -2.36. The summed E-state index contributed by atoms with van der Waals surface area (Å²) in [5, 5.41) is 0. The van der Waals surface area contributed by atoms with E-state index in [2.05, 4.69) is 22.9 Å². The van der Waals surface area contributed by atoms with Crippen LogP contribution in [0.4, 0.5) is 4.39 Å². The Bertz CT molecular complexity index is 463. The first kappa shape index (κ1) is 13.5. The smallest absolute Gasteiger partial charge is 0.257 e. The molecule has 2 atom stereocenters. The molecule has 98 valence electrons. The first-order valence-corrected chi connectivity index (χ1v) is 7.05. The van der Waals surface area contributed by atoms with E-state index in [4.69, 9.17) is 0 Å². The first-order chi connectivity index (χ1) is 8.50. The Balaban J connectivity index is 2.23. The van der Waals surface area contributed by atoms with Crippen LogP contribution in [0, 0.1) is 11.7 Å². The van der Waals surface area contributed by atoms with E-state index in [9.17, 15) is 9.18 Å². The molecule has 0 N–H and O–H groups in total. The predicted octanol–water partition coefficient (Wildman–Crippen LogP) is 3.85. The van der Waals surface area contributed by atoms with Gasteiger partial charge in [0.25, 0.3) is 5.91 Å². The summed E-state index contributed by atoms with van der Waals surface area (Å²) in [7, 11) is 0. The summed E-state index contributed by atoms with van der Waals surface area (Å²) in [4.78, 5) is 14.1. The fraction of sp³-hybridized carbons (Fsp3) is 0.500. The molecule has 18 heavy (non-hydrogen) atoms. The van der Waals surface area contributed by atoms with Crippen LogP contribution in [0.5, 0.6) is 0 Å². The average molecular weight is 314 g/mol. The van der Waals surface area contributed by atoms with Crippen molar-refractivity contribution in [2.45, 2.75) is 32.7 Å². The second-order valence-electron chi connectivity index (χ2n) is 5.08. The van der Waals surface area contributed by atoms with Crippen molar-refractivity contribution in [2.75, 3.05) is 6.54 Å². The maximum absolute atomic E-state index is 13.9. The van der Waals surface area contributed by atoms with Crippen LogP contribution in [0.15, 0.2) is 22.7 Å². The minimum absolute atomic E-state index is 0.158. The quantitative estimate of drug-likeness (QED) is 0.771. The molecule has 0 saturated carbocycles. The molecule has 2 nitrogen and oxygen atoms in total. The molecule has 1 saturated heterocycles. The summed E-state index contributed by atoms with van der Waals surface area (Å²) in [6.45, 7) is 4.94. The second kappa shape index (κ2) is 5.39. The van der Waals surface area contributed by atoms with Crippen molar-refractivity contribution in [3.05, 3.63) is 34.1 Å². The Morgan fingerprint density at radius 1 is 1.44 bits per heavy atom. The minimum atomic E-state index is -0.465. The molecule has 0 aromatic heterocycles. The highest BCUT2D eigenvalue weighted by Crippen LogP contribution is 2.26. The number of piperidine rings is 1. The highest BCUT2D eigenvalue weighted by atomic mass is 79.9. The van der Waals surface area contributed by atoms with Crippen LogP contribution in [0.25, 0.3) is 0 Å². The molecule has 0 radical (unpaired) electrons. The molecule has 0 aliphatic carbocycles. The number of carbonyl (C=O) groups is 1. The van der Waals surface area contributed by atoms with Gasteiger partial charge in [0, 0.05) is 12.6 Å². The number of halogens is 2. The van der Waals surface area contributed by atoms with E-state index in [-0.39, 0.29) is 17.5 Å². The standard InChI is InChI=1S/C14H17BrFNO/c1-9-6-7-17(10(2)8-9)14(18)11-4-3-5-12(15)13(11)16/h3-5,9-10H,6-8H2,1-2H3. The van der Waals surface area contributed by atoms with Gasteiger partial charge in [-0.25, -0.2) is 4.39 Å². The van der Waals surface area contributed by atoms with Gasteiger partial charge in [0.05, 0.1) is 10.0 Å². The van der Waals surface area contributed by atoms with Crippen molar-refractivity contribution in [1.82, 2.24) is 4.90 Å². The first-order valence-electron chi connectivity index (χ1n) is 6.25. The van der Waals surface area contributed by atoms with Crippen LogP contribution < -0.4 is 0 Å². The molecule has 1 amide bonds. The number of likely N-dealkylation sites (tertiary alicyclic amines) is 1. The number of rotatable bonds is 1. The van der Waals surface area contributed by atoms with Crippen LogP contribution in [0.3, 0.4) is 0 Å². The summed E-state index contributed by atoms with van der Waals surface area (Å²) in [5.74, 6) is -0.0297. The van der Waals surface area contributed by atoms with Crippen LogP contribution in [-0.4, -0.2) is 23.4 Å². The third-order valence-electron chi connectivity index (χ3n) is 3.58. The summed E-state index contributed by atoms with van der Waals surface area (Å²) >= 11 is 3.12. The SMILES string of the molecule is CC1CCN(C(=O)c2cccc(Br)c2F)C(C)C1. The highest BCUT2D eigenvalue weighted by Gasteiger charge is 2.29. The molecule has 1 aliphatic rings. The van der Waals surface area contributed by atoms with Gasteiger partial charge in [-0.3, -0.25) is 4.79 Å². The van der Waals surface area contributed by atoms with E-state index >= 15 is 0 Å². The van der Waals surface area contributed by atoms with E-state index < -0.39 is 5.82 Å². The van der Waals surface area contributed by atoms with E-state index in [1.54, 1.807) is 23.1 Å². The molecular formula is C14H17BrFNO. The van der Waals surface area contributed by atoms with Gasteiger partial charge in [0.15, 0.2) is 0 Å². The lowest BCUT2D eigenvalue weighted by molar-refractivity contribution is 0.0584. The predicted molar refractivity (Wildman–Crippen MR) is 73.0 cm³/mol. The molecular weight excluding hydrogens is 297 g/mol. The van der Waals surface area contributed by atoms with Crippen LogP contribution in [0.1, 0.15) is 37.0 Å². The van der Waals surface area contributed by atoms with E-state index in [1.165, 1.54) is 0 Å². The maximum atomic E-state index is 13.9. The second-order valence-corrected chi connectivity index (χ2v) is 5.93. The van der Waals surface area contributed by atoms with Gasteiger partial charge in [-0.15, -0.1) is 0 Å². The van der Waals surface area contributed by atoms with Gasteiger partial charge in [0.2, 0.25) is 0 Å². The van der Waals surface area contributed by atoms with Crippen LogP contribution >= 0.6 is 15.9 Å². The summed E-state index contributed by atoms with van der Waals surface area (Å²) < 4.78 is 14.3. The number of nitrogens with zero attached hydrogens (tertiary/aromatic N) is 1. The highest BCUT2D eigenvalue weighted by molar-refractivity contribution is 9.10. The fourth-order valence-corrected chi connectivity index (χ4v) is 2.90.